The summed E-state index contributed by atoms with van der Waals surface area (Å²) in [5.41, 5.74) is 3.13. The number of nitrogens with zero attached hydrogens (tertiary/aromatic N) is 2. The van der Waals surface area contributed by atoms with E-state index in [2.05, 4.69) is 4.98 Å². The van der Waals surface area contributed by atoms with E-state index in [9.17, 15) is 9.18 Å². The van der Waals surface area contributed by atoms with Crippen LogP contribution in [0.2, 0.25) is 0 Å². The number of pyridine rings is 1. The third kappa shape index (κ3) is 2.23. The molecule has 0 saturated heterocycles. The number of carbonyl (C=O) groups excluding carboxylic acids is 1. The summed E-state index contributed by atoms with van der Waals surface area (Å²) in [4.78, 5) is 15.2. The van der Waals surface area contributed by atoms with Gasteiger partial charge in [-0.2, -0.15) is 0 Å². The SMILES string of the molecule is O=Cc1cn(-c2ccc(F)cc2)cc1-c1ccncc1. The summed E-state index contributed by atoms with van der Waals surface area (Å²) in [7, 11) is 0. The lowest BCUT2D eigenvalue weighted by molar-refractivity contribution is 0.112. The molecule has 3 nitrogen and oxygen atoms in total. The first-order valence-corrected chi connectivity index (χ1v) is 6.11. The zero-order chi connectivity index (χ0) is 13.9. The van der Waals surface area contributed by atoms with Gasteiger partial charge >= 0.3 is 0 Å². The van der Waals surface area contributed by atoms with Crippen LogP contribution in [0.5, 0.6) is 0 Å². The molecule has 0 saturated carbocycles. The van der Waals surface area contributed by atoms with Crippen LogP contribution in [0.4, 0.5) is 4.39 Å². The summed E-state index contributed by atoms with van der Waals surface area (Å²) in [6, 6.07) is 9.80. The highest BCUT2D eigenvalue weighted by molar-refractivity contribution is 5.87. The second kappa shape index (κ2) is 5.09. The van der Waals surface area contributed by atoms with Crippen molar-refractivity contribution >= 4 is 6.29 Å². The van der Waals surface area contributed by atoms with Crippen molar-refractivity contribution in [2.24, 2.45) is 0 Å². The van der Waals surface area contributed by atoms with Crippen molar-refractivity contribution in [3.8, 4) is 16.8 Å². The van der Waals surface area contributed by atoms with Crippen LogP contribution in [-0.2, 0) is 0 Å². The minimum Gasteiger partial charge on any atom is -0.322 e. The molecule has 0 aliphatic heterocycles. The van der Waals surface area contributed by atoms with Crippen molar-refractivity contribution in [1.29, 1.82) is 0 Å². The summed E-state index contributed by atoms with van der Waals surface area (Å²) < 4.78 is 14.8. The van der Waals surface area contributed by atoms with Gasteiger partial charge in [0.1, 0.15) is 5.82 Å². The summed E-state index contributed by atoms with van der Waals surface area (Å²) in [5.74, 6) is -0.286. The molecule has 3 rings (SSSR count). The van der Waals surface area contributed by atoms with Gasteiger partial charge in [-0.1, -0.05) is 0 Å². The van der Waals surface area contributed by atoms with Gasteiger partial charge in [-0.15, -0.1) is 0 Å². The second-order valence-electron chi connectivity index (χ2n) is 4.36. The standard InChI is InChI=1S/C16H11FN2O/c17-14-1-3-15(4-2-14)19-9-13(11-20)16(10-19)12-5-7-18-8-6-12/h1-11H. The highest BCUT2D eigenvalue weighted by Crippen LogP contribution is 2.25. The van der Waals surface area contributed by atoms with Gasteiger partial charge in [-0.25, -0.2) is 4.39 Å². The molecule has 4 heteroatoms. The van der Waals surface area contributed by atoms with Crippen LogP contribution in [0.3, 0.4) is 0 Å². The Morgan fingerprint density at radius 2 is 1.70 bits per heavy atom. The first-order valence-electron chi connectivity index (χ1n) is 6.11. The average Bonchev–Trinajstić information content (AvgIpc) is 2.93. The predicted molar refractivity (Wildman–Crippen MR) is 74.3 cm³/mol. The van der Waals surface area contributed by atoms with E-state index in [1.54, 1.807) is 35.3 Å². The first kappa shape index (κ1) is 12.3. The van der Waals surface area contributed by atoms with Gasteiger partial charge in [-0.05, 0) is 42.0 Å². The van der Waals surface area contributed by atoms with Crippen molar-refractivity contribution in [1.82, 2.24) is 9.55 Å². The van der Waals surface area contributed by atoms with Gasteiger partial charge in [0, 0.05) is 41.6 Å². The van der Waals surface area contributed by atoms with Crippen molar-refractivity contribution in [2.45, 2.75) is 0 Å². The zero-order valence-corrected chi connectivity index (χ0v) is 10.5. The maximum atomic E-state index is 12.9. The van der Waals surface area contributed by atoms with E-state index in [1.807, 2.05) is 18.3 Å². The fourth-order valence-corrected chi connectivity index (χ4v) is 2.10. The van der Waals surface area contributed by atoms with Gasteiger partial charge in [0.2, 0.25) is 0 Å². The molecule has 0 radical (unpaired) electrons. The second-order valence-corrected chi connectivity index (χ2v) is 4.36. The zero-order valence-electron chi connectivity index (χ0n) is 10.5. The predicted octanol–water partition coefficient (Wildman–Crippen LogP) is 3.49. The topological polar surface area (TPSA) is 34.9 Å². The van der Waals surface area contributed by atoms with Crippen molar-refractivity contribution < 1.29 is 9.18 Å². The Morgan fingerprint density at radius 1 is 1.00 bits per heavy atom. The maximum absolute atomic E-state index is 12.9. The molecule has 3 aromatic rings. The molecule has 0 bridgehead atoms. The number of halogens is 1. The molecular weight excluding hydrogens is 255 g/mol. The molecule has 0 N–H and O–H groups in total. The van der Waals surface area contributed by atoms with E-state index in [-0.39, 0.29) is 5.82 Å². The number of aromatic nitrogens is 2. The molecule has 2 aromatic heterocycles. The van der Waals surface area contributed by atoms with E-state index in [0.717, 1.165) is 23.1 Å². The highest BCUT2D eigenvalue weighted by atomic mass is 19.1. The normalized spacial score (nSPS) is 10.4. The van der Waals surface area contributed by atoms with Gasteiger partial charge in [0.15, 0.2) is 6.29 Å². The van der Waals surface area contributed by atoms with Crippen LogP contribution in [0, 0.1) is 5.82 Å². The summed E-state index contributed by atoms with van der Waals surface area (Å²) in [6.07, 6.45) is 7.76. The third-order valence-corrected chi connectivity index (χ3v) is 3.10. The minimum absolute atomic E-state index is 0.286. The van der Waals surface area contributed by atoms with Crippen LogP contribution in [0.1, 0.15) is 10.4 Å². The lowest BCUT2D eigenvalue weighted by atomic mass is 10.1. The Kier molecular flexibility index (Phi) is 3.13. The Morgan fingerprint density at radius 3 is 2.35 bits per heavy atom. The van der Waals surface area contributed by atoms with Crippen LogP contribution >= 0.6 is 0 Å². The Hall–Kier alpha value is -2.75. The Balaban J connectivity index is 2.09. The fourth-order valence-electron chi connectivity index (χ4n) is 2.10. The molecule has 2 heterocycles. The smallest absolute Gasteiger partial charge is 0.152 e. The molecule has 0 atom stereocenters. The van der Waals surface area contributed by atoms with Crippen molar-refractivity contribution in [2.75, 3.05) is 0 Å². The lowest BCUT2D eigenvalue weighted by Gasteiger charge is -2.02. The van der Waals surface area contributed by atoms with Gasteiger partial charge in [0.25, 0.3) is 0 Å². The molecule has 1 aromatic carbocycles. The van der Waals surface area contributed by atoms with Crippen LogP contribution < -0.4 is 0 Å². The quantitative estimate of drug-likeness (QED) is 0.680. The third-order valence-electron chi connectivity index (χ3n) is 3.10. The molecule has 0 fully saturated rings. The number of rotatable bonds is 3. The molecule has 0 aliphatic rings. The van der Waals surface area contributed by atoms with E-state index < -0.39 is 0 Å². The van der Waals surface area contributed by atoms with Gasteiger partial charge < -0.3 is 4.57 Å². The van der Waals surface area contributed by atoms with Crippen molar-refractivity contribution in [3.63, 3.8) is 0 Å². The Bertz CT molecular complexity index is 733. The van der Waals surface area contributed by atoms with E-state index in [0.29, 0.717) is 5.56 Å². The average molecular weight is 266 g/mol. The van der Waals surface area contributed by atoms with Crippen LogP contribution in [-0.4, -0.2) is 15.8 Å². The highest BCUT2D eigenvalue weighted by Gasteiger charge is 2.09. The first-order chi connectivity index (χ1) is 9.78. The minimum atomic E-state index is -0.286. The number of carbonyl (C=O) groups is 1. The molecule has 0 aliphatic carbocycles. The summed E-state index contributed by atoms with van der Waals surface area (Å²) in [6.45, 7) is 0. The largest absolute Gasteiger partial charge is 0.322 e. The number of hydrogen-bond acceptors (Lipinski definition) is 2. The number of benzene rings is 1. The molecule has 0 amide bonds. The number of aldehydes is 1. The molecule has 0 spiro atoms. The molecule has 98 valence electrons. The molecule has 0 unspecified atom stereocenters. The monoisotopic (exact) mass is 266 g/mol. The fraction of sp³-hybridized carbons (Fsp3) is 0. The van der Waals surface area contributed by atoms with Crippen LogP contribution in [0.25, 0.3) is 16.8 Å². The lowest BCUT2D eigenvalue weighted by Crippen LogP contribution is -1.89. The number of hydrogen-bond donors (Lipinski definition) is 0. The summed E-state index contributed by atoms with van der Waals surface area (Å²) >= 11 is 0. The maximum Gasteiger partial charge on any atom is 0.152 e. The molecule has 20 heavy (non-hydrogen) atoms. The van der Waals surface area contributed by atoms with E-state index in [4.69, 9.17) is 0 Å². The summed E-state index contributed by atoms with van der Waals surface area (Å²) in [5, 5.41) is 0. The van der Waals surface area contributed by atoms with Crippen LogP contribution in [0.15, 0.2) is 61.2 Å². The van der Waals surface area contributed by atoms with Gasteiger partial charge in [-0.3, -0.25) is 9.78 Å². The van der Waals surface area contributed by atoms with Gasteiger partial charge in [0.05, 0.1) is 0 Å². The Labute approximate surface area is 115 Å². The van der Waals surface area contributed by atoms with Crippen molar-refractivity contribution in [3.05, 3.63) is 72.6 Å². The van der Waals surface area contributed by atoms with E-state index >= 15 is 0 Å². The van der Waals surface area contributed by atoms with E-state index in [1.165, 1.54) is 12.1 Å². The molecular formula is C16H11FN2O.